The largest absolute Gasteiger partial charge is 0.386 e. The smallest absolute Gasteiger partial charge is 0.122 e. The predicted molar refractivity (Wildman–Crippen MR) is 146 cm³/mol. The first kappa shape index (κ1) is 26.4. The molecule has 0 aliphatic heterocycles. The Morgan fingerprint density at radius 3 is 2.39 bits per heavy atom. The minimum atomic E-state index is -0.952. The quantitative estimate of drug-likeness (QED) is 0.441. The highest BCUT2D eigenvalue weighted by molar-refractivity contribution is 5.95. The Hall–Kier alpha value is -2.81. The molecule has 0 heterocycles. The van der Waals surface area contributed by atoms with E-state index in [2.05, 4.69) is 80.0 Å². The number of alkyl halides is 1. The SMILES string of the molecule is C/C=C\C1=C(CC)CCc2cc(C(C)F)ccc2/C1=C/c1ccc(NC)c(NCC)c1.CC. The first-order valence-electron chi connectivity index (χ1n) is 12.4. The summed E-state index contributed by atoms with van der Waals surface area (Å²) in [6.45, 7) is 12.9. The number of hydrogen-bond acceptors (Lipinski definition) is 2. The van der Waals surface area contributed by atoms with E-state index in [0.29, 0.717) is 0 Å². The fourth-order valence-corrected chi connectivity index (χ4v) is 4.36. The summed E-state index contributed by atoms with van der Waals surface area (Å²) in [6, 6.07) is 12.6. The Balaban J connectivity index is 0.00000187. The number of hydrogen-bond donors (Lipinski definition) is 2. The van der Waals surface area contributed by atoms with E-state index in [9.17, 15) is 4.39 Å². The van der Waals surface area contributed by atoms with E-state index in [4.69, 9.17) is 0 Å². The normalized spacial score (nSPS) is 15.6. The molecule has 0 radical (unpaired) electrons. The Labute approximate surface area is 200 Å². The first-order chi connectivity index (χ1) is 16.0. The van der Waals surface area contributed by atoms with Crippen molar-refractivity contribution in [2.24, 2.45) is 0 Å². The van der Waals surface area contributed by atoms with Crippen LogP contribution < -0.4 is 10.6 Å². The number of allylic oxidation sites excluding steroid dienone is 5. The van der Waals surface area contributed by atoms with Gasteiger partial charge < -0.3 is 10.6 Å². The van der Waals surface area contributed by atoms with E-state index in [1.807, 2.05) is 27.0 Å². The molecule has 3 rings (SSSR count). The van der Waals surface area contributed by atoms with Crippen molar-refractivity contribution in [1.29, 1.82) is 0 Å². The second-order valence-corrected chi connectivity index (χ2v) is 8.05. The van der Waals surface area contributed by atoms with Gasteiger partial charge in [0.15, 0.2) is 0 Å². The fourth-order valence-electron chi connectivity index (χ4n) is 4.36. The molecule has 2 aromatic rings. The minimum absolute atomic E-state index is 0.762. The zero-order chi connectivity index (χ0) is 24.4. The van der Waals surface area contributed by atoms with Crippen molar-refractivity contribution < 1.29 is 4.39 Å². The number of benzene rings is 2. The van der Waals surface area contributed by atoms with Gasteiger partial charge in [0.25, 0.3) is 0 Å². The summed E-state index contributed by atoms with van der Waals surface area (Å²) in [5.74, 6) is 0. The fraction of sp³-hybridized carbons (Fsp3) is 0.400. The van der Waals surface area contributed by atoms with Crippen LogP contribution in [0.25, 0.3) is 11.6 Å². The Morgan fingerprint density at radius 1 is 1.03 bits per heavy atom. The van der Waals surface area contributed by atoms with E-state index in [0.717, 1.165) is 48.3 Å². The Morgan fingerprint density at radius 2 is 1.79 bits per heavy atom. The van der Waals surface area contributed by atoms with Gasteiger partial charge in [-0.1, -0.05) is 62.8 Å². The van der Waals surface area contributed by atoms with E-state index in [1.165, 1.54) is 27.8 Å². The number of aryl methyl sites for hydroxylation is 1. The molecule has 0 fully saturated rings. The lowest BCUT2D eigenvalue weighted by Crippen LogP contribution is -2.01. The first-order valence-corrected chi connectivity index (χ1v) is 12.4. The number of halogens is 1. The van der Waals surface area contributed by atoms with Gasteiger partial charge in [0.2, 0.25) is 0 Å². The average Bonchev–Trinajstić information content (AvgIpc) is 2.97. The standard InChI is InChI=1S/C28H35FN2.C2H6/c1-6-9-24-21(7-2)11-12-23-18-22(19(4)29)13-14-25(23)26(24)16-20-10-15-27(30-5)28(17-20)31-8-3;1-2/h6,9-10,13-19,30-31H,7-8,11-12H2,1-5H3;1-2H3/b9-6-,26-16+;. The molecule has 3 heteroatoms. The highest BCUT2D eigenvalue weighted by Gasteiger charge is 2.20. The van der Waals surface area contributed by atoms with Crippen LogP contribution >= 0.6 is 0 Å². The summed E-state index contributed by atoms with van der Waals surface area (Å²) in [6.07, 6.45) is 8.65. The molecule has 0 bridgehead atoms. The summed E-state index contributed by atoms with van der Waals surface area (Å²) in [5.41, 5.74) is 10.5. The Kier molecular flexibility index (Phi) is 10.4. The molecule has 0 aromatic heterocycles. The predicted octanol–water partition coefficient (Wildman–Crippen LogP) is 8.99. The summed E-state index contributed by atoms with van der Waals surface area (Å²) in [5, 5.41) is 6.71. The van der Waals surface area contributed by atoms with Crippen LogP contribution in [0.1, 0.15) is 82.8 Å². The van der Waals surface area contributed by atoms with Crippen LogP contribution in [0.2, 0.25) is 0 Å². The molecule has 1 aliphatic carbocycles. The third kappa shape index (κ3) is 6.37. The van der Waals surface area contributed by atoms with Gasteiger partial charge >= 0.3 is 0 Å². The van der Waals surface area contributed by atoms with Gasteiger partial charge in [-0.25, -0.2) is 4.39 Å². The molecule has 2 nitrogen and oxygen atoms in total. The zero-order valence-electron chi connectivity index (χ0n) is 21.5. The van der Waals surface area contributed by atoms with Gasteiger partial charge in [-0.2, -0.15) is 0 Å². The van der Waals surface area contributed by atoms with Gasteiger partial charge in [0, 0.05) is 13.6 Å². The molecular weight excluding hydrogens is 407 g/mol. The maximum atomic E-state index is 14.0. The zero-order valence-corrected chi connectivity index (χ0v) is 21.5. The molecule has 33 heavy (non-hydrogen) atoms. The van der Waals surface area contributed by atoms with E-state index in [1.54, 1.807) is 6.92 Å². The van der Waals surface area contributed by atoms with Gasteiger partial charge in [0.05, 0.1) is 11.4 Å². The van der Waals surface area contributed by atoms with Gasteiger partial charge in [-0.05, 0) is 91.6 Å². The van der Waals surface area contributed by atoms with Gasteiger partial charge in [0.1, 0.15) is 6.17 Å². The lowest BCUT2D eigenvalue weighted by molar-refractivity contribution is 0.374. The summed E-state index contributed by atoms with van der Waals surface area (Å²) in [7, 11) is 1.94. The third-order valence-corrected chi connectivity index (χ3v) is 6.00. The third-order valence-electron chi connectivity index (χ3n) is 6.00. The second-order valence-electron chi connectivity index (χ2n) is 8.05. The van der Waals surface area contributed by atoms with Gasteiger partial charge in [-0.3, -0.25) is 0 Å². The van der Waals surface area contributed by atoms with Crippen LogP contribution in [0.3, 0.4) is 0 Å². The van der Waals surface area contributed by atoms with Crippen molar-refractivity contribution in [1.82, 2.24) is 0 Å². The van der Waals surface area contributed by atoms with E-state index < -0.39 is 6.17 Å². The number of nitrogens with one attached hydrogen (secondary N) is 2. The molecule has 1 aliphatic rings. The van der Waals surface area contributed by atoms with Crippen LogP contribution in [-0.4, -0.2) is 13.6 Å². The van der Waals surface area contributed by atoms with Crippen molar-refractivity contribution in [3.8, 4) is 0 Å². The molecule has 0 saturated heterocycles. The molecule has 0 spiro atoms. The molecule has 2 N–H and O–H groups in total. The van der Waals surface area contributed by atoms with E-state index >= 15 is 0 Å². The molecule has 0 saturated carbocycles. The lowest BCUT2D eigenvalue weighted by Gasteiger charge is -2.16. The minimum Gasteiger partial charge on any atom is -0.386 e. The van der Waals surface area contributed by atoms with Crippen LogP contribution in [-0.2, 0) is 6.42 Å². The molecular formula is C30H41FN2. The molecule has 0 amide bonds. The second kappa shape index (κ2) is 13.0. The average molecular weight is 449 g/mol. The highest BCUT2D eigenvalue weighted by Crippen LogP contribution is 2.39. The molecule has 2 aromatic carbocycles. The van der Waals surface area contributed by atoms with Crippen molar-refractivity contribution in [3.63, 3.8) is 0 Å². The monoisotopic (exact) mass is 448 g/mol. The number of fused-ring (bicyclic) bond motifs is 1. The van der Waals surface area contributed by atoms with Crippen molar-refractivity contribution in [2.45, 2.75) is 67.0 Å². The van der Waals surface area contributed by atoms with Crippen LogP contribution in [0.5, 0.6) is 0 Å². The highest BCUT2D eigenvalue weighted by atomic mass is 19.1. The van der Waals surface area contributed by atoms with Crippen LogP contribution in [0.15, 0.2) is 59.7 Å². The number of rotatable bonds is 7. The van der Waals surface area contributed by atoms with Crippen molar-refractivity contribution >= 4 is 23.0 Å². The summed E-state index contributed by atoms with van der Waals surface area (Å²) in [4.78, 5) is 0. The van der Waals surface area contributed by atoms with E-state index in [-0.39, 0.29) is 0 Å². The van der Waals surface area contributed by atoms with Crippen LogP contribution in [0.4, 0.5) is 15.8 Å². The lowest BCUT2D eigenvalue weighted by atomic mass is 9.90. The molecule has 1 unspecified atom stereocenters. The topological polar surface area (TPSA) is 24.1 Å². The van der Waals surface area contributed by atoms with Crippen LogP contribution in [0, 0.1) is 0 Å². The maximum Gasteiger partial charge on any atom is 0.122 e. The van der Waals surface area contributed by atoms with Crippen molar-refractivity contribution in [3.05, 3.63) is 82.0 Å². The summed E-state index contributed by atoms with van der Waals surface area (Å²) >= 11 is 0. The molecule has 1 atom stereocenters. The Bertz CT molecular complexity index is 1010. The van der Waals surface area contributed by atoms with Gasteiger partial charge in [-0.15, -0.1) is 0 Å². The summed E-state index contributed by atoms with van der Waals surface area (Å²) < 4.78 is 14.0. The maximum absolute atomic E-state index is 14.0. The number of anilines is 2. The van der Waals surface area contributed by atoms with Crippen molar-refractivity contribution in [2.75, 3.05) is 24.2 Å². The molecule has 178 valence electrons.